The second kappa shape index (κ2) is 6.09. The van der Waals surface area contributed by atoms with Gasteiger partial charge in [-0.3, -0.25) is 4.79 Å². The van der Waals surface area contributed by atoms with Gasteiger partial charge in [0.1, 0.15) is 5.75 Å². The first-order valence-electron chi connectivity index (χ1n) is 5.30. The van der Waals surface area contributed by atoms with Gasteiger partial charge in [-0.05, 0) is 30.7 Å². The van der Waals surface area contributed by atoms with E-state index in [1.165, 1.54) is 0 Å². The standard InChI is InChI=1S/C12H10F3NO3/c1-2-18-11(17)6-9-5-10(19-12(13,14)15)4-3-8(9)7-16/h3-5H,2,6H2,1H3. The van der Waals surface area contributed by atoms with Gasteiger partial charge in [-0.15, -0.1) is 13.2 Å². The molecule has 0 unspecified atom stereocenters. The van der Waals surface area contributed by atoms with Crippen LogP contribution in [0.5, 0.6) is 5.75 Å². The van der Waals surface area contributed by atoms with Gasteiger partial charge in [0.05, 0.1) is 24.7 Å². The fourth-order valence-electron chi connectivity index (χ4n) is 1.39. The molecule has 0 aromatic heterocycles. The molecule has 0 atom stereocenters. The molecule has 0 spiro atoms. The van der Waals surface area contributed by atoms with Crippen LogP contribution in [0.25, 0.3) is 0 Å². The quantitative estimate of drug-likeness (QED) is 0.791. The van der Waals surface area contributed by atoms with Crippen LogP contribution in [0, 0.1) is 11.3 Å². The highest BCUT2D eigenvalue weighted by Gasteiger charge is 2.31. The Morgan fingerprint density at radius 2 is 2.11 bits per heavy atom. The third-order valence-corrected chi connectivity index (χ3v) is 2.07. The topological polar surface area (TPSA) is 59.3 Å². The zero-order valence-corrected chi connectivity index (χ0v) is 9.95. The molecule has 0 heterocycles. The number of carbonyl (C=O) groups excluding carboxylic acids is 1. The highest BCUT2D eigenvalue weighted by molar-refractivity contribution is 5.73. The fraction of sp³-hybridized carbons (Fsp3) is 0.333. The van der Waals surface area contributed by atoms with Gasteiger partial charge in [0.25, 0.3) is 0 Å². The van der Waals surface area contributed by atoms with E-state index in [-0.39, 0.29) is 24.2 Å². The van der Waals surface area contributed by atoms with Gasteiger partial charge in [0.2, 0.25) is 0 Å². The van der Waals surface area contributed by atoms with Crippen LogP contribution in [0.15, 0.2) is 18.2 Å². The van der Waals surface area contributed by atoms with E-state index in [4.69, 9.17) is 5.26 Å². The Bertz CT molecular complexity index is 506. The first-order valence-corrected chi connectivity index (χ1v) is 5.30. The molecule has 0 aliphatic carbocycles. The lowest BCUT2D eigenvalue weighted by Crippen LogP contribution is -2.17. The molecule has 0 fully saturated rings. The Balaban J connectivity index is 2.97. The number of ether oxygens (including phenoxy) is 2. The third kappa shape index (κ3) is 4.87. The molecule has 0 saturated heterocycles. The summed E-state index contributed by atoms with van der Waals surface area (Å²) in [6.07, 6.45) is -5.11. The number of hydrogen-bond donors (Lipinski definition) is 0. The molecule has 1 rings (SSSR count). The second-order valence-corrected chi connectivity index (χ2v) is 3.46. The molecule has 19 heavy (non-hydrogen) atoms. The second-order valence-electron chi connectivity index (χ2n) is 3.46. The van der Waals surface area contributed by atoms with E-state index in [9.17, 15) is 18.0 Å². The maximum Gasteiger partial charge on any atom is 0.573 e. The zero-order chi connectivity index (χ0) is 14.5. The van der Waals surface area contributed by atoms with Crippen molar-refractivity contribution in [1.29, 1.82) is 5.26 Å². The number of benzene rings is 1. The van der Waals surface area contributed by atoms with Crippen LogP contribution in [0.4, 0.5) is 13.2 Å². The van der Waals surface area contributed by atoms with E-state index in [1.54, 1.807) is 13.0 Å². The molecule has 0 saturated carbocycles. The number of halogens is 3. The summed E-state index contributed by atoms with van der Waals surface area (Å²) >= 11 is 0. The van der Waals surface area contributed by atoms with Gasteiger partial charge in [0.15, 0.2) is 0 Å². The summed E-state index contributed by atoms with van der Waals surface area (Å²) in [6, 6.07) is 4.97. The molecular formula is C12H10F3NO3. The molecule has 4 nitrogen and oxygen atoms in total. The molecule has 0 aliphatic heterocycles. The van der Waals surface area contributed by atoms with Crippen molar-refractivity contribution < 1.29 is 27.4 Å². The number of nitriles is 1. The number of carbonyl (C=O) groups is 1. The monoisotopic (exact) mass is 273 g/mol. The maximum atomic E-state index is 12.1. The first-order chi connectivity index (χ1) is 8.85. The number of nitrogens with zero attached hydrogens (tertiary/aromatic N) is 1. The summed E-state index contributed by atoms with van der Waals surface area (Å²) in [5.74, 6) is -1.10. The van der Waals surface area contributed by atoms with Crippen molar-refractivity contribution >= 4 is 5.97 Å². The molecule has 0 amide bonds. The lowest BCUT2D eigenvalue weighted by molar-refractivity contribution is -0.274. The van der Waals surface area contributed by atoms with Crippen molar-refractivity contribution in [2.24, 2.45) is 0 Å². The Kier molecular flexibility index (Phi) is 4.75. The fourth-order valence-corrected chi connectivity index (χ4v) is 1.39. The normalized spacial score (nSPS) is 10.7. The Labute approximate surface area is 107 Å². The minimum absolute atomic E-state index is 0.0996. The summed E-state index contributed by atoms with van der Waals surface area (Å²) < 4.78 is 44.6. The minimum atomic E-state index is -4.82. The van der Waals surface area contributed by atoms with E-state index >= 15 is 0 Å². The third-order valence-electron chi connectivity index (χ3n) is 2.07. The van der Waals surface area contributed by atoms with Crippen molar-refractivity contribution in [2.45, 2.75) is 19.7 Å². The van der Waals surface area contributed by atoms with Gasteiger partial charge >= 0.3 is 12.3 Å². The summed E-state index contributed by atoms with van der Waals surface area (Å²) in [6.45, 7) is 1.76. The molecule has 0 radical (unpaired) electrons. The van der Waals surface area contributed by atoms with Gasteiger partial charge in [-0.2, -0.15) is 5.26 Å². The van der Waals surface area contributed by atoms with Gasteiger partial charge in [-0.25, -0.2) is 0 Å². The maximum absolute atomic E-state index is 12.1. The van der Waals surface area contributed by atoms with E-state index in [0.717, 1.165) is 18.2 Å². The van der Waals surface area contributed by atoms with Crippen LogP contribution >= 0.6 is 0 Å². The molecule has 102 valence electrons. The lowest BCUT2D eigenvalue weighted by Gasteiger charge is -2.11. The first kappa shape index (κ1) is 14.8. The van der Waals surface area contributed by atoms with Gasteiger partial charge < -0.3 is 9.47 Å². The van der Waals surface area contributed by atoms with Crippen LogP contribution in [0.1, 0.15) is 18.1 Å². The van der Waals surface area contributed by atoms with E-state index in [1.807, 2.05) is 0 Å². The van der Waals surface area contributed by atoms with Crippen LogP contribution in [0.3, 0.4) is 0 Å². The molecule has 0 aliphatic rings. The van der Waals surface area contributed by atoms with Crippen molar-refractivity contribution in [3.63, 3.8) is 0 Å². The predicted octanol–water partition coefficient (Wildman–Crippen LogP) is 2.56. The average Bonchev–Trinajstić information content (AvgIpc) is 2.27. The SMILES string of the molecule is CCOC(=O)Cc1cc(OC(F)(F)F)ccc1C#N. The molecular weight excluding hydrogens is 263 g/mol. The van der Waals surface area contributed by atoms with Crippen LogP contribution in [-0.4, -0.2) is 18.9 Å². The van der Waals surface area contributed by atoms with Crippen molar-refractivity contribution in [3.8, 4) is 11.8 Å². The summed E-state index contributed by atoms with van der Waals surface area (Å²) in [5.41, 5.74) is 0.227. The van der Waals surface area contributed by atoms with Crippen LogP contribution in [-0.2, 0) is 16.0 Å². The highest BCUT2D eigenvalue weighted by atomic mass is 19.4. The predicted molar refractivity (Wildman–Crippen MR) is 58.2 cm³/mol. The molecule has 0 bridgehead atoms. The molecule has 1 aromatic carbocycles. The van der Waals surface area contributed by atoms with Crippen molar-refractivity contribution in [3.05, 3.63) is 29.3 Å². The lowest BCUT2D eigenvalue weighted by atomic mass is 10.1. The summed E-state index contributed by atoms with van der Waals surface area (Å²) in [7, 11) is 0. The average molecular weight is 273 g/mol. The van der Waals surface area contributed by atoms with Crippen LogP contribution in [0.2, 0.25) is 0 Å². The Morgan fingerprint density at radius 1 is 1.42 bits per heavy atom. The number of esters is 1. The molecule has 1 aromatic rings. The molecule has 0 N–H and O–H groups in total. The van der Waals surface area contributed by atoms with Crippen molar-refractivity contribution in [2.75, 3.05) is 6.61 Å². The minimum Gasteiger partial charge on any atom is -0.466 e. The summed E-state index contributed by atoms with van der Waals surface area (Å²) in [5, 5.41) is 8.82. The van der Waals surface area contributed by atoms with Gasteiger partial charge in [0, 0.05) is 0 Å². The largest absolute Gasteiger partial charge is 0.573 e. The smallest absolute Gasteiger partial charge is 0.466 e. The Hall–Kier alpha value is -2.23. The van der Waals surface area contributed by atoms with E-state index in [0.29, 0.717) is 0 Å². The highest BCUT2D eigenvalue weighted by Crippen LogP contribution is 2.25. The number of hydrogen-bond acceptors (Lipinski definition) is 4. The number of alkyl halides is 3. The molecule has 7 heteroatoms. The van der Waals surface area contributed by atoms with E-state index < -0.39 is 18.1 Å². The van der Waals surface area contributed by atoms with Crippen LogP contribution < -0.4 is 4.74 Å². The van der Waals surface area contributed by atoms with Crippen molar-refractivity contribution in [1.82, 2.24) is 0 Å². The zero-order valence-electron chi connectivity index (χ0n) is 9.95. The summed E-state index contributed by atoms with van der Waals surface area (Å²) in [4.78, 5) is 11.3. The van der Waals surface area contributed by atoms with Gasteiger partial charge in [-0.1, -0.05) is 0 Å². The number of rotatable bonds is 4. The Morgan fingerprint density at radius 3 is 2.63 bits per heavy atom. The van der Waals surface area contributed by atoms with E-state index in [2.05, 4.69) is 9.47 Å².